The third-order valence-corrected chi connectivity index (χ3v) is 3.82. The van der Waals surface area contributed by atoms with Gasteiger partial charge in [-0.15, -0.1) is 12.4 Å². The van der Waals surface area contributed by atoms with Crippen LogP contribution in [0.2, 0.25) is 0 Å². The standard InChI is InChI=1S/C17H20N2O2.ClH/c20-17(19-11-14-7-4-10-18-14)12-21-16-9-3-6-13-5-1-2-8-15(13)16;/h1-3,5-6,8-9,14,18H,4,7,10-12H2,(H,19,20);1H. The Morgan fingerprint density at radius 2 is 2.05 bits per heavy atom. The van der Waals surface area contributed by atoms with Crippen molar-refractivity contribution in [3.8, 4) is 5.75 Å². The lowest BCUT2D eigenvalue weighted by molar-refractivity contribution is -0.123. The molecule has 0 radical (unpaired) electrons. The molecule has 0 aliphatic carbocycles. The number of hydrogen-bond donors (Lipinski definition) is 2. The van der Waals surface area contributed by atoms with Crippen molar-refractivity contribution >= 4 is 29.1 Å². The highest BCUT2D eigenvalue weighted by molar-refractivity contribution is 5.88. The molecule has 0 bridgehead atoms. The van der Waals surface area contributed by atoms with E-state index in [1.54, 1.807) is 0 Å². The van der Waals surface area contributed by atoms with Crippen molar-refractivity contribution in [1.29, 1.82) is 0 Å². The molecule has 2 N–H and O–H groups in total. The van der Waals surface area contributed by atoms with E-state index in [-0.39, 0.29) is 24.9 Å². The Hall–Kier alpha value is -1.78. The maximum Gasteiger partial charge on any atom is 0.257 e. The number of fused-ring (bicyclic) bond motifs is 1. The molecule has 118 valence electrons. The van der Waals surface area contributed by atoms with Crippen LogP contribution in [0.25, 0.3) is 10.8 Å². The van der Waals surface area contributed by atoms with Crippen LogP contribution in [0.1, 0.15) is 12.8 Å². The summed E-state index contributed by atoms with van der Waals surface area (Å²) < 4.78 is 5.66. The minimum absolute atomic E-state index is 0. The van der Waals surface area contributed by atoms with E-state index in [2.05, 4.69) is 10.6 Å². The summed E-state index contributed by atoms with van der Waals surface area (Å²) in [5.74, 6) is 0.680. The molecule has 2 aromatic carbocycles. The predicted octanol–water partition coefficient (Wildman–Crippen LogP) is 2.51. The number of rotatable bonds is 5. The Bertz CT molecular complexity index is 622. The summed E-state index contributed by atoms with van der Waals surface area (Å²) in [5, 5.41) is 8.42. The number of amides is 1. The molecule has 1 fully saturated rings. The van der Waals surface area contributed by atoms with Crippen molar-refractivity contribution in [2.24, 2.45) is 0 Å². The molecule has 2 aromatic rings. The number of nitrogens with one attached hydrogen (secondary N) is 2. The monoisotopic (exact) mass is 320 g/mol. The molecule has 1 aliphatic rings. The second kappa shape index (κ2) is 8.01. The third-order valence-electron chi connectivity index (χ3n) is 3.82. The number of hydrogen-bond acceptors (Lipinski definition) is 3. The molecular formula is C17H21ClN2O2. The number of carbonyl (C=O) groups excluding carboxylic acids is 1. The second-order valence-electron chi connectivity index (χ2n) is 5.36. The van der Waals surface area contributed by atoms with Crippen LogP contribution in [0.5, 0.6) is 5.75 Å². The molecule has 4 nitrogen and oxygen atoms in total. The molecule has 1 aliphatic heterocycles. The molecule has 1 unspecified atom stereocenters. The van der Waals surface area contributed by atoms with E-state index in [0.717, 1.165) is 29.5 Å². The first-order valence-corrected chi connectivity index (χ1v) is 7.43. The van der Waals surface area contributed by atoms with Crippen LogP contribution in [0.4, 0.5) is 0 Å². The molecule has 0 aromatic heterocycles. The normalized spacial score (nSPS) is 17.0. The lowest BCUT2D eigenvalue weighted by Crippen LogP contribution is -2.39. The quantitative estimate of drug-likeness (QED) is 0.890. The van der Waals surface area contributed by atoms with Crippen LogP contribution in [-0.2, 0) is 4.79 Å². The predicted molar refractivity (Wildman–Crippen MR) is 90.7 cm³/mol. The highest BCUT2D eigenvalue weighted by Gasteiger charge is 2.14. The first kappa shape index (κ1) is 16.6. The molecule has 0 spiro atoms. The Labute approximate surface area is 136 Å². The largest absolute Gasteiger partial charge is 0.483 e. The van der Waals surface area contributed by atoms with Crippen LogP contribution in [0, 0.1) is 0 Å². The van der Waals surface area contributed by atoms with Crippen LogP contribution in [-0.4, -0.2) is 31.6 Å². The summed E-state index contributed by atoms with van der Waals surface area (Å²) in [7, 11) is 0. The Morgan fingerprint density at radius 1 is 1.23 bits per heavy atom. The molecule has 1 heterocycles. The summed E-state index contributed by atoms with van der Waals surface area (Å²) >= 11 is 0. The molecule has 1 atom stereocenters. The van der Waals surface area contributed by atoms with E-state index in [9.17, 15) is 4.79 Å². The number of halogens is 1. The Balaban J connectivity index is 0.00000176. The number of ether oxygens (including phenoxy) is 1. The van der Waals surface area contributed by atoms with Gasteiger partial charge in [-0.2, -0.15) is 0 Å². The molecular weight excluding hydrogens is 300 g/mol. The van der Waals surface area contributed by atoms with Crippen molar-refractivity contribution < 1.29 is 9.53 Å². The van der Waals surface area contributed by atoms with Gasteiger partial charge in [-0.3, -0.25) is 4.79 Å². The minimum atomic E-state index is -0.0726. The van der Waals surface area contributed by atoms with Crippen molar-refractivity contribution in [2.75, 3.05) is 19.7 Å². The number of carbonyl (C=O) groups is 1. The molecule has 1 amide bonds. The molecule has 22 heavy (non-hydrogen) atoms. The molecule has 5 heteroatoms. The summed E-state index contributed by atoms with van der Waals surface area (Å²) in [5.41, 5.74) is 0. The zero-order valence-corrected chi connectivity index (χ0v) is 13.2. The lowest BCUT2D eigenvalue weighted by atomic mass is 10.1. The topological polar surface area (TPSA) is 50.4 Å². The van der Waals surface area contributed by atoms with Gasteiger partial charge in [0.1, 0.15) is 5.75 Å². The first-order valence-electron chi connectivity index (χ1n) is 7.43. The highest BCUT2D eigenvalue weighted by Crippen LogP contribution is 2.24. The van der Waals surface area contributed by atoms with Gasteiger partial charge in [-0.1, -0.05) is 36.4 Å². The van der Waals surface area contributed by atoms with Crippen molar-refractivity contribution in [3.63, 3.8) is 0 Å². The van der Waals surface area contributed by atoms with Gasteiger partial charge in [0.15, 0.2) is 6.61 Å². The fraction of sp³-hybridized carbons (Fsp3) is 0.353. The zero-order chi connectivity index (χ0) is 14.5. The molecule has 3 rings (SSSR count). The summed E-state index contributed by atoms with van der Waals surface area (Å²) in [6.07, 6.45) is 2.32. The van der Waals surface area contributed by atoms with E-state index in [1.165, 1.54) is 6.42 Å². The van der Waals surface area contributed by atoms with Crippen LogP contribution >= 0.6 is 12.4 Å². The summed E-state index contributed by atoms with van der Waals surface area (Å²) in [4.78, 5) is 11.8. The maximum absolute atomic E-state index is 11.8. The highest BCUT2D eigenvalue weighted by atomic mass is 35.5. The van der Waals surface area contributed by atoms with E-state index >= 15 is 0 Å². The van der Waals surface area contributed by atoms with E-state index in [0.29, 0.717) is 12.6 Å². The fourth-order valence-corrected chi connectivity index (χ4v) is 2.68. The molecule has 0 saturated carbocycles. The van der Waals surface area contributed by atoms with Gasteiger partial charge < -0.3 is 15.4 Å². The van der Waals surface area contributed by atoms with Crippen molar-refractivity contribution in [3.05, 3.63) is 42.5 Å². The van der Waals surface area contributed by atoms with Crippen LogP contribution in [0.3, 0.4) is 0 Å². The van der Waals surface area contributed by atoms with Gasteiger partial charge in [0, 0.05) is 18.0 Å². The SMILES string of the molecule is Cl.O=C(COc1cccc2ccccc12)NCC1CCCN1. The van der Waals surface area contributed by atoms with E-state index in [4.69, 9.17) is 4.74 Å². The smallest absolute Gasteiger partial charge is 0.257 e. The first-order chi connectivity index (χ1) is 10.3. The van der Waals surface area contributed by atoms with Gasteiger partial charge in [-0.25, -0.2) is 0 Å². The average molecular weight is 321 g/mol. The maximum atomic E-state index is 11.8. The minimum Gasteiger partial charge on any atom is -0.483 e. The van der Waals surface area contributed by atoms with Gasteiger partial charge in [0.25, 0.3) is 5.91 Å². The zero-order valence-electron chi connectivity index (χ0n) is 12.4. The average Bonchev–Trinajstić information content (AvgIpc) is 3.04. The second-order valence-corrected chi connectivity index (χ2v) is 5.36. The van der Waals surface area contributed by atoms with Crippen molar-refractivity contribution in [2.45, 2.75) is 18.9 Å². The van der Waals surface area contributed by atoms with Gasteiger partial charge in [0.05, 0.1) is 0 Å². The van der Waals surface area contributed by atoms with Gasteiger partial charge in [0.2, 0.25) is 0 Å². The third kappa shape index (κ3) is 4.12. The molecule has 1 saturated heterocycles. The van der Waals surface area contributed by atoms with E-state index in [1.807, 2.05) is 42.5 Å². The Kier molecular flexibility index (Phi) is 6.04. The fourth-order valence-electron chi connectivity index (χ4n) is 2.68. The van der Waals surface area contributed by atoms with Gasteiger partial charge >= 0.3 is 0 Å². The van der Waals surface area contributed by atoms with Crippen LogP contribution in [0.15, 0.2) is 42.5 Å². The van der Waals surface area contributed by atoms with Gasteiger partial charge in [-0.05, 0) is 30.8 Å². The summed E-state index contributed by atoms with van der Waals surface area (Å²) in [6.45, 7) is 1.78. The van der Waals surface area contributed by atoms with E-state index < -0.39 is 0 Å². The lowest BCUT2D eigenvalue weighted by Gasteiger charge is -2.12. The van der Waals surface area contributed by atoms with Crippen molar-refractivity contribution in [1.82, 2.24) is 10.6 Å². The summed E-state index contributed by atoms with van der Waals surface area (Å²) in [6, 6.07) is 14.3. The Morgan fingerprint density at radius 3 is 2.86 bits per heavy atom. The van der Waals surface area contributed by atoms with Crippen LogP contribution < -0.4 is 15.4 Å². The number of benzene rings is 2.